The van der Waals surface area contributed by atoms with Crippen LogP contribution in [0.25, 0.3) is 10.9 Å². The van der Waals surface area contributed by atoms with Crippen molar-refractivity contribution >= 4 is 34.5 Å². The number of rotatable bonds is 8. The van der Waals surface area contributed by atoms with Gasteiger partial charge in [-0.3, -0.25) is 19.2 Å². The molecule has 3 aliphatic heterocycles. The fourth-order valence-corrected chi connectivity index (χ4v) is 6.50. The summed E-state index contributed by atoms with van der Waals surface area (Å²) in [6.07, 6.45) is 0.653. The molecule has 47 heavy (non-hydrogen) atoms. The van der Waals surface area contributed by atoms with E-state index in [0.29, 0.717) is 25.8 Å². The van der Waals surface area contributed by atoms with Crippen molar-refractivity contribution in [1.29, 1.82) is 0 Å². The van der Waals surface area contributed by atoms with Gasteiger partial charge in [-0.15, -0.1) is 0 Å². The van der Waals surface area contributed by atoms with Gasteiger partial charge < -0.3 is 46.2 Å². The van der Waals surface area contributed by atoms with Crippen molar-refractivity contribution in [2.45, 2.75) is 94.4 Å². The van der Waals surface area contributed by atoms with Crippen LogP contribution in [0, 0.1) is 0 Å². The number of amides is 4. The minimum absolute atomic E-state index is 0.142. The van der Waals surface area contributed by atoms with E-state index < -0.39 is 72.1 Å². The lowest BCUT2D eigenvalue weighted by atomic mass is 10.0. The number of benzene rings is 2. The maximum atomic E-state index is 14.0. The molecule has 3 fully saturated rings. The van der Waals surface area contributed by atoms with Gasteiger partial charge in [0.1, 0.15) is 24.2 Å². The average Bonchev–Trinajstić information content (AvgIpc) is 3.70. The minimum atomic E-state index is -1.22. The summed E-state index contributed by atoms with van der Waals surface area (Å²) in [6.45, 7) is 3.86. The average molecular weight is 647 g/mol. The Hall–Kier alpha value is -4.30. The Morgan fingerprint density at radius 3 is 2.17 bits per heavy atom. The number of fused-ring (bicyclic) bond motifs is 4. The van der Waals surface area contributed by atoms with Gasteiger partial charge in [-0.05, 0) is 56.8 Å². The van der Waals surface area contributed by atoms with Crippen LogP contribution in [-0.2, 0) is 46.2 Å². The number of aromatic nitrogens is 1. The summed E-state index contributed by atoms with van der Waals surface area (Å²) in [6, 6.07) is 12.9. The van der Waals surface area contributed by atoms with E-state index in [2.05, 4.69) is 26.3 Å². The van der Waals surface area contributed by atoms with Crippen LogP contribution >= 0.6 is 0 Å². The van der Waals surface area contributed by atoms with Crippen molar-refractivity contribution in [1.82, 2.24) is 26.3 Å². The van der Waals surface area contributed by atoms with E-state index >= 15 is 0 Å². The van der Waals surface area contributed by atoms with Crippen LogP contribution in [0.2, 0.25) is 0 Å². The molecule has 0 spiro atoms. The van der Waals surface area contributed by atoms with Crippen molar-refractivity contribution in [2.24, 2.45) is 5.73 Å². The standard InChI is InChI=1S/C34H42N6O7/c1-34(2)46-28-26-27(45-33(28)47-34)32(44)39-24(16-19-10-4-3-5-11-19)30(42)38-25(17-20-18-36-22-13-7-6-12-21(20)22)31(43)37-23(29(41)40-26)14-8-9-15-35/h3-7,10-13,18,23-28,33,36H,8-9,14-17,35H2,1-2H3,(H,37,43)(H,38,42)(H,39,44)(H,40,41)/t23-,24-,25-,26+,27-,28?,33+/m0/s1. The highest BCUT2D eigenvalue weighted by Crippen LogP contribution is 2.37. The Labute approximate surface area is 272 Å². The number of nitrogens with one attached hydrogen (secondary N) is 5. The summed E-state index contributed by atoms with van der Waals surface area (Å²) >= 11 is 0. The molecule has 13 heteroatoms. The number of ether oxygens (including phenoxy) is 3. The number of H-pyrrole nitrogens is 1. The van der Waals surface area contributed by atoms with E-state index in [4.69, 9.17) is 19.9 Å². The predicted octanol–water partition coefficient (Wildman–Crippen LogP) is 0.911. The highest BCUT2D eigenvalue weighted by Gasteiger charge is 2.57. The molecule has 6 rings (SSSR count). The van der Waals surface area contributed by atoms with Crippen molar-refractivity contribution in [3.63, 3.8) is 0 Å². The van der Waals surface area contributed by atoms with Crippen LogP contribution in [0.4, 0.5) is 0 Å². The van der Waals surface area contributed by atoms with E-state index in [1.54, 1.807) is 20.0 Å². The van der Waals surface area contributed by atoms with Crippen LogP contribution in [0.15, 0.2) is 60.8 Å². The van der Waals surface area contributed by atoms with E-state index in [-0.39, 0.29) is 12.8 Å². The lowest BCUT2D eigenvalue weighted by Gasteiger charge is -2.28. The quantitative estimate of drug-likeness (QED) is 0.195. The number of unbranched alkanes of at least 4 members (excludes halogenated alkanes) is 1. The van der Waals surface area contributed by atoms with Gasteiger partial charge in [0.05, 0.1) is 6.04 Å². The zero-order valence-electron chi connectivity index (χ0n) is 26.5. The van der Waals surface area contributed by atoms with Crippen molar-refractivity contribution in [2.75, 3.05) is 6.54 Å². The fourth-order valence-electron chi connectivity index (χ4n) is 6.50. The molecule has 0 radical (unpaired) electrons. The molecule has 13 nitrogen and oxygen atoms in total. The number of hydrogen-bond acceptors (Lipinski definition) is 8. The van der Waals surface area contributed by atoms with Crippen LogP contribution < -0.4 is 27.0 Å². The normalized spacial score (nSPS) is 29.4. The van der Waals surface area contributed by atoms with Gasteiger partial charge in [0, 0.05) is 29.9 Å². The van der Waals surface area contributed by atoms with E-state index in [9.17, 15) is 19.2 Å². The van der Waals surface area contributed by atoms with Gasteiger partial charge in [-0.1, -0.05) is 48.5 Å². The van der Waals surface area contributed by atoms with Crippen LogP contribution in [-0.4, -0.2) is 83.6 Å². The number of hydrogen-bond donors (Lipinski definition) is 6. The largest absolute Gasteiger partial charge is 0.361 e. The highest BCUT2D eigenvalue weighted by atomic mass is 16.8. The van der Waals surface area contributed by atoms with Gasteiger partial charge in [-0.2, -0.15) is 0 Å². The van der Waals surface area contributed by atoms with Crippen molar-refractivity contribution < 1.29 is 33.4 Å². The van der Waals surface area contributed by atoms with Gasteiger partial charge in [0.2, 0.25) is 17.7 Å². The summed E-state index contributed by atoms with van der Waals surface area (Å²) in [7, 11) is 0. The summed E-state index contributed by atoms with van der Waals surface area (Å²) < 4.78 is 18.0. The van der Waals surface area contributed by atoms with Gasteiger partial charge in [-0.25, -0.2) is 0 Å². The maximum absolute atomic E-state index is 14.0. The lowest BCUT2D eigenvalue weighted by molar-refractivity contribution is -0.208. The third kappa shape index (κ3) is 7.33. The fraction of sp³-hybridized carbons (Fsp3) is 0.471. The Morgan fingerprint density at radius 2 is 1.40 bits per heavy atom. The Kier molecular flexibility index (Phi) is 9.60. The van der Waals surface area contributed by atoms with Gasteiger partial charge in [0.25, 0.3) is 5.91 Å². The Balaban J connectivity index is 1.35. The van der Waals surface area contributed by atoms with E-state index in [1.165, 1.54) is 0 Å². The second kappa shape index (κ2) is 13.8. The summed E-state index contributed by atoms with van der Waals surface area (Å²) in [5, 5.41) is 12.5. The predicted molar refractivity (Wildman–Crippen MR) is 171 cm³/mol. The highest BCUT2D eigenvalue weighted by molar-refractivity contribution is 5.96. The number of nitrogens with two attached hydrogens (primary N) is 1. The summed E-state index contributed by atoms with van der Waals surface area (Å²) in [5.41, 5.74) is 8.23. The molecule has 4 amide bonds. The molecule has 7 N–H and O–H groups in total. The topological polar surface area (TPSA) is 186 Å². The first-order valence-corrected chi connectivity index (χ1v) is 16.1. The lowest BCUT2D eigenvalue weighted by Crippen LogP contribution is -2.58. The molecule has 3 aliphatic rings. The monoisotopic (exact) mass is 646 g/mol. The molecule has 250 valence electrons. The Morgan fingerprint density at radius 1 is 0.745 bits per heavy atom. The van der Waals surface area contributed by atoms with Crippen molar-refractivity contribution in [3.05, 3.63) is 71.9 Å². The molecule has 3 saturated heterocycles. The number of aromatic amines is 1. The zero-order valence-corrected chi connectivity index (χ0v) is 26.5. The number of carbonyl (C=O) groups is 4. The smallest absolute Gasteiger partial charge is 0.252 e. The second-order valence-electron chi connectivity index (χ2n) is 12.8. The molecule has 4 heterocycles. The number of para-hydroxylation sites is 1. The molecule has 0 aliphatic carbocycles. The molecule has 1 aromatic heterocycles. The second-order valence-corrected chi connectivity index (χ2v) is 12.8. The van der Waals surface area contributed by atoms with Gasteiger partial charge in [0.15, 0.2) is 18.2 Å². The van der Waals surface area contributed by atoms with Gasteiger partial charge >= 0.3 is 0 Å². The molecular formula is C34H42N6O7. The molecule has 0 bridgehead atoms. The minimum Gasteiger partial charge on any atom is -0.361 e. The molecule has 7 atom stereocenters. The maximum Gasteiger partial charge on any atom is 0.252 e. The van der Waals surface area contributed by atoms with E-state index in [1.807, 2.05) is 54.6 Å². The molecule has 2 aromatic carbocycles. The SMILES string of the molecule is CC1(C)OC2[C@H](O[C@@H]3C(=O)N[C@@H](Cc4ccccc4)C(=O)N[C@@H](Cc4c[nH]c5ccccc45)C(=O)N[C@@H](CCCCN)C(=O)N[C@@H]23)O1. The molecule has 1 unspecified atom stereocenters. The first kappa shape index (κ1) is 32.6. The molecule has 3 aromatic rings. The van der Waals surface area contributed by atoms with Crippen LogP contribution in [0.1, 0.15) is 44.2 Å². The first-order chi connectivity index (χ1) is 22.6. The first-order valence-electron chi connectivity index (χ1n) is 16.1. The van der Waals surface area contributed by atoms with Crippen LogP contribution in [0.3, 0.4) is 0 Å². The summed E-state index contributed by atoms with van der Waals surface area (Å²) in [5.74, 6) is -3.21. The Bertz CT molecular complexity index is 1610. The van der Waals surface area contributed by atoms with Crippen LogP contribution in [0.5, 0.6) is 0 Å². The summed E-state index contributed by atoms with van der Waals surface area (Å²) in [4.78, 5) is 59.1. The zero-order chi connectivity index (χ0) is 33.1. The molecule has 0 saturated carbocycles. The third-order valence-electron chi connectivity index (χ3n) is 8.84. The number of carbonyl (C=O) groups excluding carboxylic acids is 4. The third-order valence-corrected chi connectivity index (χ3v) is 8.84. The molecular weight excluding hydrogens is 604 g/mol. The van der Waals surface area contributed by atoms with Crippen molar-refractivity contribution in [3.8, 4) is 0 Å². The van der Waals surface area contributed by atoms with E-state index in [0.717, 1.165) is 22.0 Å².